The van der Waals surface area contributed by atoms with E-state index in [1.54, 1.807) is 0 Å². The number of amides is 4. The number of halogens is 3. The number of alkyl halides is 3. The van der Waals surface area contributed by atoms with Gasteiger partial charge in [0.05, 0.1) is 5.56 Å². The summed E-state index contributed by atoms with van der Waals surface area (Å²) in [6, 6.07) is 2.33. The lowest BCUT2D eigenvalue weighted by Gasteiger charge is -2.20. The van der Waals surface area contributed by atoms with Crippen LogP contribution >= 0.6 is 0 Å². The van der Waals surface area contributed by atoms with Crippen molar-refractivity contribution >= 4 is 23.5 Å². The van der Waals surface area contributed by atoms with Crippen LogP contribution in [0.25, 0.3) is 0 Å². The smallest absolute Gasteiger partial charge is 0.326 e. The van der Waals surface area contributed by atoms with Gasteiger partial charge in [-0.2, -0.15) is 13.2 Å². The second kappa shape index (κ2) is 6.84. The Bertz CT molecular complexity index is 788. The highest BCUT2D eigenvalue weighted by molar-refractivity contribution is 6.10. The van der Waals surface area contributed by atoms with Gasteiger partial charge >= 0.3 is 12.2 Å². The minimum atomic E-state index is -4.59. The van der Waals surface area contributed by atoms with Crippen LogP contribution < -0.4 is 16.4 Å². The fourth-order valence-corrected chi connectivity index (χ4v) is 3.53. The molecule has 0 radical (unpaired) electrons. The van der Waals surface area contributed by atoms with Crippen LogP contribution in [0.15, 0.2) is 18.2 Å². The fraction of sp³-hybridized carbons (Fsp3) is 0.471. The van der Waals surface area contributed by atoms with Crippen molar-refractivity contribution in [2.24, 2.45) is 5.73 Å². The molecule has 2 aliphatic rings. The quantitative estimate of drug-likeness (QED) is 0.691. The lowest BCUT2D eigenvalue weighted by atomic mass is 9.98. The second-order valence-electron chi connectivity index (χ2n) is 6.78. The number of benzene rings is 1. The largest absolute Gasteiger partial charge is 0.416 e. The molecule has 10 heteroatoms. The van der Waals surface area contributed by atoms with E-state index in [0.29, 0.717) is 12.8 Å². The number of nitrogens with one attached hydrogen (secondary N) is 2. The maximum Gasteiger partial charge on any atom is 0.416 e. The van der Waals surface area contributed by atoms with Gasteiger partial charge in [-0.05, 0) is 36.6 Å². The second-order valence-corrected chi connectivity index (χ2v) is 6.78. The third-order valence-corrected chi connectivity index (χ3v) is 4.84. The van der Waals surface area contributed by atoms with Gasteiger partial charge in [-0.1, -0.05) is 12.8 Å². The molecule has 146 valence electrons. The molecular formula is C17H19F3N4O3. The van der Waals surface area contributed by atoms with E-state index in [0.717, 1.165) is 29.9 Å². The number of nitrogens with two attached hydrogens (primary N) is 1. The van der Waals surface area contributed by atoms with E-state index >= 15 is 0 Å². The highest BCUT2D eigenvalue weighted by Gasteiger charge is 2.52. The van der Waals surface area contributed by atoms with Crippen LogP contribution in [0.3, 0.4) is 0 Å². The fourth-order valence-electron chi connectivity index (χ4n) is 3.53. The number of nitrogens with zero attached hydrogens (tertiary/aromatic N) is 1. The zero-order valence-corrected chi connectivity index (χ0v) is 14.4. The Labute approximate surface area is 153 Å². The molecule has 1 aromatic carbocycles. The van der Waals surface area contributed by atoms with Crippen LogP contribution in [0.1, 0.15) is 36.8 Å². The Hall–Kier alpha value is -2.62. The van der Waals surface area contributed by atoms with Crippen molar-refractivity contribution in [1.29, 1.82) is 0 Å². The molecule has 0 atom stereocenters. The molecular weight excluding hydrogens is 365 g/mol. The monoisotopic (exact) mass is 384 g/mol. The molecule has 1 saturated carbocycles. The van der Waals surface area contributed by atoms with Crippen LogP contribution in [0.4, 0.5) is 23.7 Å². The molecule has 1 saturated heterocycles. The number of imide groups is 1. The molecule has 4 N–H and O–H groups in total. The third-order valence-electron chi connectivity index (χ3n) is 4.84. The Kier molecular flexibility index (Phi) is 4.85. The molecule has 1 aliphatic carbocycles. The Morgan fingerprint density at radius 2 is 1.89 bits per heavy atom. The molecule has 7 nitrogen and oxygen atoms in total. The van der Waals surface area contributed by atoms with Gasteiger partial charge in [0.2, 0.25) is 5.91 Å². The molecule has 2 fully saturated rings. The number of hydrogen-bond acceptors (Lipinski definition) is 4. The van der Waals surface area contributed by atoms with Crippen molar-refractivity contribution in [2.45, 2.75) is 43.9 Å². The third kappa shape index (κ3) is 3.75. The van der Waals surface area contributed by atoms with Gasteiger partial charge in [-0.3, -0.25) is 14.5 Å². The van der Waals surface area contributed by atoms with E-state index in [4.69, 9.17) is 5.73 Å². The number of carbonyl (C=O) groups excluding carboxylic acids is 3. The maximum absolute atomic E-state index is 13.0. The normalized spacial score (nSPS) is 18.9. The minimum Gasteiger partial charge on any atom is -0.326 e. The van der Waals surface area contributed by atoms with E-state index in [1.165, 1.54) is 6.07 Å². The van der Waals surface area contributed by atoms with Gasteiger partial charge in [0.15, 0.2) is 0 Å². The zero-order chi connectivity index (χ0) is 19.8. The number of anilines is 1. The predicted octanol–water partition coefficient (Wildman–Crippen LogP) is 1.97. The summed E-state index contributed by atoms with van der Waals surface area (Å²) in [7, 11) is 0. The SMILES string of the molecule is NCc1cc(NC(=O)CN2C(=O)NC3(CCCC3)C2=O)cc(C(F)(F)F)c1. The summed E-state index contributed by atoms with van der Waals surface area (Å²) in [4.78, 5) is 37.6. The maximum atomic E-state index is 13.0. The van der Waals surface area contributed by atoms with Crippen LogP contribution in [0, 0.1) is 0 Å². The number of urea groups is 1. The Balaban J connectivity index is 1.73. The lowest BCUT2D eigenvalue weighted by molar-refractivity contribution is -0.137. The van der Waals surface area contributed by atoms with Crippen LogP contribution in [0.5, 0.6) is 0 Å². The summed E-state index contributed by atoms with van der Waals surface area (Å²) >= 11 is 0. The number of hydrogen-bond donors (Lipinski definition) is 3. The van der Waals surface area contributed by atoms with Crippen LogP contribution in [-0.2, 0) is 22.3 Å². The van der Waals surface area contributed by atoms with E-state index in [2.05, 4.69) is 10.6 Å². The van der Waals surface area contributed by atoms with Crippen molar-refractivity contribution in [1.82, 2.24) is 10.2 Å². The van der Waals surface area contributed by atoms with Crippen molar-refractivity contribution in [3.8, 4) is 0 Å². The minimum absolute atomic E-state index is 0.0992. The van der Waals surface area contributed by atoms with Gasteiger partial charge in [-0.25, -0.2) is 4.79 Å². The molecule has 0 unspecified atom stereocenters. The average molecular weight is 384 g/mol. The van der Waals surface area contributed by atoms with Crippen LogP contribution in [0.2, 0.25) is 0 Å². The summed E-state index contributed by atoms with van der Waals surface area (Å²) < 4.78 is 38.9. The summed E-state index contributed by atoms with van der Waals surface area (Å²) in [6.45, 7) is -0.705. The number of rotatable bonds is 4. The molecule has 1 aromatic rings. The first kappa shape index (κ1) is 19.2. The summed E-state index contributed by atoms with van der Waals surface area (Å²) in [5, 5.41) is 4.95. The summed E-state index contributed by atoms with van der Waals surface area (Å²) in [6.07, 6.45) is -1.95. The Morgan fingerprint density at radius 1 is 1.22 bits per heavy atom. The zero-order valence-electron chi connectivity index (χ0n) is 14.4. The highest BCUT2D eigenvalue weighted by atomic mass is 19.4. The molecule has 0 bridgehead atoms. The van der Waals surface area contributed by atoms with Crippen molar-refractivity contribution in [2.75, 3.05) is 11.9 Å². The number of carbonyl (C=O) groups is 3. The molecule has 1 aliphatic heterocycles. The first-order valence-electron chi connectivity index (χ1n) is 8.50. The molecule has 1 heterocycles. The van der Waals surface area contributed by atoms with Crippen LogP contribution in [-0.4, -0.2) is 34.8 Å². The summed E-state index contributed by atoms with van der Waals surface area (Å²) in [5.74, 6) is -1.23. The van der Waals surface area contributed by atoms with Gasteiger partial charge in [0.25, 0.3) is 5.91 Å². The average Bonchev–Trinajstić information content (AvgIpc) is 3.15. The van der Waals surface area contributed by atoms with Gasteiger partial charge in [-0.15, -0.1) is 0 Å². The molecule has 3 rings (SSSR count). The van der Waals surface area contributed by atoms with Crippen molar-refractivity contribution < 1.29 is 27.6 Å². The molecule has 4 amide bonds. The molecule has 27 heavy (non-hydrogen) atoms. The van der Waals surface area contributed by atoms with E-state index in [9.17, 15) is 27.6 Å². The topological polar surface area (TPSA) is 105 Å². The van der Waals surface area contributed by atoms with Gasteiger partial charge in [0.1, 0.15) is 12.1 Å². The van der Waals surface area contributed by atoms with Crippen molar-refractivity contribution in [3.63, 3.8) is 0 Å². The van der Waals surface area contributed by atoms with E-state index in [1.807, 2.05) is 0 Å². The Morgan fingerprint density at radius 3 is 2.48 bits per heavy atom. The van der Waals surface area contributed by atoms with E-state index < -0.39 is 41.7 Å². The predicted molar refractivity (Wildman–Crippen MR) is 89.4 cm³/mol. The van der Waals surface area contributed by atoms with Gasteiger partial charge in [0, 0.05) is 12.2 Å². The molecule has 1 spiro atoms. The first-order valence-corrected chi connectivity index (χ1v) is 8.50. The highest BCUT2D eigenvalue weighted by Crippen LogP contribution is 2.35. The van der Waals surface area contributed by atoms with Crippen molar-refractivity contribution in [3.05, 3.63) is 29.3 Å². The molecule has 0 aromatic heterocycles. The van der Waals surface area contributed by atoms with Gasteiger partial charge < -0.3 is 16.4 Å². The standard InChI is InChI=1S/C17H19F3N4O3/c18-17(19,20)11-5-10(8-21)6-12(7-11)22-13(25)9-24-14(26)16(23-15(24)27)3-1-2-4-16/h5-7H,1-4,8-9,21H2,(H,22,25)(H,23,27). The summed E-state index contributed by atoms with van der Waals surface area (Å²) in [5.41, 5.74) is 3.62. The lowest BCUT2D eigenvalue weighted by Crippen LogP contribution is -2.44. The van der Waals surface area contributed by atoms with E-state index in [-0.39, 0.29) is 17.8 Å². The first-order chi connectivity index (χ1) is 12.6.